The van der Waals surface area contributed by atoms with Crippen molar-refractivity contribution in [2.24, 2.45) is 0 Å². The van der Waals surface area contributed by atoms with Crippen molar-refractivity contribution in [2.75, 3.05) is 20.6 Å². The summed E-state index contributed by atoms with van der Waals surface area (Å²) < 4.78 is 6.99. The van der Waals surface area contributed by atoms with Gasteiger partial charge in [0, 0.05) is 10.0 Å². The van der Waals surface area contributed by atoms with Gasteiger partial charge in [-0.3, -0.25) is 0 Å². The van der Waals surface area contributed by atoms with Crippen LogP contribution in [0.15, 0.2) is 53.0 Å². The van der Waals surface area contributed by atoms with E-state index in [0.717, 1.165) is 28.8 Å². The van der Waals surface area contributed by atoms with Gasteiger partial charge in [0.05, 0.1) is 0 Å². The predicted octanol–water partition coefficient (Wildman–Crippen LogP) is 4.52. The smallest absolute Gasteiger partial charge is 0.120 e. The van der Waals surface area contributed by atoms with Crippen molar-refractivity contribution in [3.05, 3.63) is 64.1 Å². The molecule has 2 rings (SSSR count). The Kier molecular flexibility index (Phi) is 6.27. The largest absolute Gasteiger partial charge is 0.489 e. The first-order valence-electron chi connectivity index (χ1n) is 7.25. The van der Waals surface area contributed by atoms with Gasteiger partial charge in [-0.2, -0.15) is 0 Å². The van der Waals surface area contributed by atoms with Gasteiger partial charge in [-0.15, -0.1) is 0 Å². The van der Waals surface area contributed by atoms with Crippen LogP contribution in [0, 0.1) is 0 Å². The summed E-state index contributed by atoms with van der Waals surface area (Å²) in [6.07, 6.45) is 2.26. The minimum atomic E-state index is 0.586. The van der Waals surface area contributed by atoms with Crippen LogP contribution in [0.1, 0.15) is 17.5 Å². The molecule has 0 aromatic heterocycles. The SMILES string of the molecule is CN(C)CCCc1cccc(OCc2ccccc2Br)c1. The Morgan fingerprint density at radius 3 is 2.62 bits per heavy atom. The first-order valence-corrected chi connectivity index (χ1v) is 8.04. The molecule has 2 nitrogen and oxygen atoms in total. The van der Waals surface area contributed by atoms with Crippen molar-refractivity contribution < 1.29 is 4.74 Å². The third-order valence-electron chi connectivity index (χ3n) is 3.32. The average molecular weight is 348 g/mol. The number of nitrogens with zero attached hydrogens (tertiary/aromatic N) is 1. The van der Waals surface area contributed by atoms with E-state index in [1.165, 1.54) is 12.0 Å². The Balaban J connectivity index is 1.90. The molecule has 3 heteroatoms. The van der Waals surface area contributed by atoms with E-state index in [-0.39, 0.29) is 0 Å². The molecule has 0 heterocycles. The molecule has 0 saturated carbocycles. The fourth-order valence-electron chi connectivity index (χ4n) is 2.17. The third-order valence-corrected chi connectivity index (χ3v) is 4.10. The molecule has 0 radical (unpaired) electrons. The van der Waals surface area contributed by atoms with Gasteiger partial charge >= 0.3 is 0 Å². The monoisotopic (exact) mass is 347 g/mol. The highest BCUT2D eigenvalue weighted by Gasteiger charge is 2.01. The van der Waals surface area contributed by atoms with E-state index in [0.29, 0.717) is 6.61 Å². The van der Waals surface area contributed by atoms with Crippen molar-refractivity contribution in [1.29, 1.82) is 0 Å². The van der Waals surface area contributed by atoms with Gasteiger partial charge in [0.15, 0.2) is 0 Å². The third kappa shape index (κ3) is 5.52. The first kappa shape index (κ1) is 16.1. The molecule has 21 heavy (non-hydrogen) atoms. The molecular weight excluding hydrogens is 326 g/mol. The molecule has 2 aromatic carbocycles. The van der Waals surface area contributed by atoms with E-state index >= 15 is 0 Å². The number of rotatable bonds is 7. The van der Waals surface area contributed by atoms with E-state index in [2.05, 4.69) is 59.2 Å². The minimum absolute atomic E-state index is 0.586. The normalized spacial score (nSPS) is 10.9. The molecule has 0 N–H and O–H groups in total. The molecule has 0 fully saturated rings. The molecular formula is C18H22BrNO. The van der Waals surface area contributed by atoms with E-state index in [1.54, 1.807) is 0 Å². The fourth-order valence-corrected chi connectivity index (χ4v) is 2.57. The molecule has 0 aliphatic rings. The van der Waals surface area contributed by atoms with Crippen molar-refractivity contribution in [1.82, 2.24) is 4.90 Å². The summed E-state index contributed by atoms with van der Waals surface area (Å²) in [4.78, 5) is 2.22. The number of benzene rings is 2. The highest BCUT2D eigenvalue weighted by molar-refractivity contribution is 9.10. The second-order valence-corrected chi connectivity index (χ2v) is 6.29. The van der Waals surface area contributed by atoms with Crippen molar-refractivity contribution in [3.8, 4) is 5.75 Å². The van der Waals surface area contributed by atoms with Gasteiger partial charge in [-0.1, -0.05) is 46.3 Å². The highest BCUT2D eigenvalue weighted by atomic mass is 79.9. The maximum atomic E-state index is 5.90. The van der Waals surface area contributed by atoms with Crippen LogP contribution in [0.5, 0.6) is 5.75 Å². The van der Waals surface area contributed by atoms with Crippen LogP contribution in [0.25, 0.3) is 0 Å². The molecule has 2 aromatic rings. The van der Waals surface area contributed by atoms with E-state index in [4.69, 9.17) is 4.74 Å². The molecule has 0 atom stereocenters. The average Bonchev–Trinajstić information content (AvgIpc) is 2.46. The minimum Gasteiger partial charge on any atom is -0.489 e. The zero-order valence-electron chi connectivity index (χ0n) is 12.7. The second kappa shape index (κ2) is 8.20. The zero-order chi connectivity index (χ0) is 15.1. The first-order chi connectivity index (χ1) is 10.1. The topological polar surface area (TPSA) is 12.5 Å². The summed E-state index contributed by atoms with van der Waals surface area (Å²) in [6, 6.07) is 16.6. The summed E-state index contributed by atoms with van der Waals surface area (Å²) in [5.74, 6) is 0.938. The van der Waals surface area contributed by atoms with Crippen LogP contribution in [0.3, 0.4) is 0 Å². The van der Waals surface area contributed by atoms with Gasteiger partial charge in [-0.25, -0.2) is 0 Å². The number of aryl methyl sites for hydroxylation is 1. The summed E-state index contributed by atoms with van der Waals surface area (Å²) in [5.41, 5.74) is 2.50. The number of hydrogen-bond donors (Lipinski definition) is 0. The van der Waals surface area contributed by atoms with Crippen LogP contribution in [-0.4, -0.2) is 25.5 Å². The Bertz CT molecular complexity index is 569. The Morgan fingerprint density at radius 1 is 1.05 bits per heavy atom. The van der Waals surface area contributed by atoms with Crippen molar-refractivity contribution >= 4 is 15.9 Å². The molecule has 0 amide bonds. The fraction of sp³-hybridized carbons (Fsp3) is 0.333. The summed E-state index contributed by atoms with van der Waals surface area (Å²) in [5, 5.41) is 0. The van der Waals surface area contributed by atoms with Crippen LogP contribution in [0.4, 0.5) is 0 Å². The summed E-state index contributed by atoms with van der Waals surface area (Å²) >= 11 is 3.55. The Labute approximate surface area is 135 Å². The second-order valence-electron chi connectivity index (χ2n) is 5.43. The molecule has 0 saturated heterocycles. The van der Waals surface area contributed by atoms with Gasteiger partial charge < -0.3 is 9.64 Å². The van der Waals surface area contributed by atoms with Crippen LogP contribution >= 0.6 is 15.9 Å². The highest BCUT2D eigenvalue weighted by Crippen LogP contribution is 2.20. The lowest BCUT2D eigenvalue weighted by Crippen LogP contribution is -2.13. The number of ether oxygens (including phenoxy) is 1. The lowest BCUT2D eigenvalue weighted by Gasteiger charge is -2.11. The van der Waals surface area contributed by atoms with Gasteiger partial charge in [0.2, 0.25) is 0 Å². The zero-order valence-corrected chi connectivity index (χ0v) is 14.3. The number of hydrogen-bond acceptors (Lipinski definition) is 2. The van der Waals surface area contributed by atoms with Crippen LogP contribution in [-0.2, 0) is 13.0 Å². The molecule has 0 aliphatic carbocycles. The van der Waals surface area contributed by atoms with E-state index in [9.17, 15) is 0 Å². The maximum absolute atomic E-state index is 5.90. The van der Waals surface area contributed by atoms with Crippen LogP contribution in [0.2, 0.25) is 0 Å². The van der Waals surface area contributed by atoms with E-state index < -0.39 is 0 Å². The lowest BCUT2D eigenvalue weighted by atomic mass is 10.1. The summed E-state index contributed by atoms with van der Waals surface area (Å²) in [7, 11) is 4.22. The molecule has 0 aliphatic heterocycles. The van der Waals surface area contributed by atoms with Gasteiger partial charge in [-0.05, 0) is 57.2 Å². The molecule has 0 unspecified atom stereocenters. The predicted molar refractivity (Wildman–Crippen MR) is 91.8 cm³/mol. The molecule has 112 valence electrons. The quantitative estimate of drug-likeness (QED) is 0.729. The Hall–Kier alpha value is -1.32. The van der Waals surface area contributed by atoms with E-state index in [1.807, 2.05) is 24.3 Å². The number of halogens is 1. The standard InChI is InChI=1S/C18H22BrNO/c1-20(2)12-6-8-15-7-5-10-17(13-15)21-14-16-9-3-4-11-18(16)19/h3-5,7,9-11,13H,6,8,12,14H2,1-2H3. The molecule has 0 bridgehead atoms. The van der Waals surface area contributed by atoms with Gasteiger partial charge in [0.1, 0.15) is 12.4 Å². The van der Waals surface area contributed by atoms with Crippen molar-refractivity contribution in [2.45, 2.75) is 19.4 Å². The van der Waals surface area contributed by atoms with Crippen molar-refractivity contribution in [3.63, 3.8) is 0 Å². The maximum Gasteiger partial charge on any atom is 0.120 e. The van der Waals surface area contributed by atoms with Crippen LogP contribution < -0.4 is 4.74 Å². The lowest BCUT2D eigenvalue weighted by molar-refractivity contribution is 0.305. The Morgan fingerprint density at radius 2 is 1.86 bits per heavy atom. The summed E-state index contributed by atoms with van der Waals surface area (Å²) in [6.45, 7) is 1.70. The van der Waals surface area contributed by atoms with Gasteiger partial charge in [0.25, 0.3) is 0 Å². The molecule has 0 spiro atoms.